The number of anilines is 3. The molecular weight excluding hydrogens is 399 g/mol. The van der Waals surface area contributed by atoms with Crippen LogP contribution in [0.4, 0.5) is 21.8 Å². The molecule has 1 aromatic carbocycles. The molecule has 160 valence electrons. The highest BCUT2D eigenvalue weighted by Gasteiger charge is 2.31. The van der Waals surface area contributed by atoms with E-state index in [9.17, 15) is 9.18 Å². The average molecular weight is 422 g/mol. The van der Waals surface area contributed by atoms with Crippen LogP contribution in [-0.2, 0) is 0 Å². The van der Waals surface area contributed by atoms with Crippen LogP contribution in [0.2, 0.25) is 0 Å². The van der Waals surface area contributed by atoms with Gasteiger partial charge in [-0.1, -0.05) is 12.1 Å². The third kappa shape index (κ3) is 4.75. The Labute approximate surface area is 178 Å². The summed E-state index contributed by atoms with van der Waals surface area (Å²) < 4.78 is 14.0. The number of carbonyl (C=O) groups excluding carboxylic acids is 1. The van der Waals surface area contributed by atoms with E-state index in [-0.39, 0.29) is 23.4 Å². The molecule has 0 saturated heterocycles. The standard InChI is InChI=1S/C21H23FN8O/c22-15-6-2-7-16(17(15)23)29-21-27-11-14(18(24)31)20(30-21)28-13-5-1-4-12(10-13)19-25-8-3-9-26-19/h1,3-5,8-11,15-17H,2,6-7,23H2,(H2,24,31)(H2,27,28,29,30)/t15-,16+,17-/m0/s1. The number of amides is 1. The maximum absolute atomic E-state index is 14.0. The van der Waals surface area contributed by atoms with Crippen LogP contribution in [0.3, 0.4) is 0 Å². The van der Waals surface area contributed by atoms with E-state index in [2.05, 4.69) is 30.6 Å². The Kier molecular flexibility index (Phi) is 5.99. The minimum atomic E-state index is -1.07. The van der Waals surface area contributed by atoms with E-state index < -0.39 is 18.1 Å². The number of nitrogens with one attached hydrogen (secondary N) is 2. The lowest BCUT2D eigenvalue weighted by molar-refractivity contribution is 0.100. The average Bonchev–Trinajstić information content (AvgIpc) is 2.78. The molecule has 0 aliphatic heterocycles. The number of carbonyl (C=O) groups is 1. The lowest BCUT2D eigenvalue weighted by Crippen LogP contribution is -2.49. The van der Waals surface area contributed by atoms with Crippen molar-refractivity contribution < 1.29 is 9.18 Å². The first-order valence-corrected chi connectivity index (χ1v) is 9.99. The molecule has 0 radical (unpaired) electrons. The Morgan fingerprint density at radius 1 is 1.13 bits per heavy atom. The van der Waals surface area contributed by atoms with Gasteiger partial charge < -0.3 is 22.1 Å². The first-order chi connectivity index (χ1) is 15.0. The number of nitrogens with zero attached hydrogens (tertiary/aromatic N) is 4. The fourth-order valence-corrected chi connectivity index (χ4v) is 3.55. The Hall–Kier alpha value is -3.66. The van der Waals surface area contributed by atoms with Gasteiger partial charge in [0.2, 0.25) is 5.95 Å². The molecule has 1 aliphatic rings. The van der Waals surface area contributed by atoms with E-state index in [0.717, 1.165) is 12.0 Å². The molecule has 3 atom stereocenters. The topological polar surface area (TPSA) is 145 Å². The number of benzene rings is 1. The molecule has 6 N–H and O–H groups in total. The minimum absolute atomic E-state index is 0.128. The molecule has 2 heterocycles. The van der Waals surface area contributed by atoms with E-state index in [1.165, 1.54) is 6.20 Å². The highest BCUT2D eigenvalue weighted by atomic mass is 19.1. The van der Waals surface area contributed by atoms with Crippen molar-refractivity contribution in [2.24, 2.45) is 11.5 Å². The van der Waals surface area contributed by atoms with Crippen molar-refractivity contribution in [2.45, 2.75) is 37.5 Å². The van der Waals surface area contributed by atoms with Crippen LogP contribution in [0.15, 0.2) is 48.9 Å². The maximum Gasteiger partial charge on any atom is 0.254 e. The summed E-state index contributed by atoms with van der Waals surface area (Å²) in [5, 5.41) is 6.20. The van der Waals surface area contributed by atoms with Gasteiger partial charge in [0.1, 0.15) is 17.6 Å². The van der Waals surface area contributed by atoms with Gasteiger partial charge in [-0.15, -0.1) is 0 Å². The van der Waals surface area contributed by atoms with E-state index in [0.29, 0.717) is 24.4 Å². The van der Waals surface area contributed by atoms with Gasteiger partial charge in [0.25, 0.3) is 5.91 Å². The van der Waals surface area contributed by atoms with Gasteiger partial charge in [-0.25, -0.2) is 19.3 Å². The Balaban J connectivity index is 1.60. The molecular formula is C21H23FN8O. The van der Waals surface area contributed by atoms with Crippen LogP contribution < -0.4 is 22.1 Å². The SMILES string of the molecule is NC(=O)c1cnc(N[C@@H]2CCC[C@H](F)[C@@H]2N)nc1Nc1cccc(-c2ncccn2)c1. The zero-order chi connectivity index (χ0) is 21.8. The predicted molar refractivity (Wildman–Crippen MR) is 115 cm³/mol. The molecule has 9 nitrogen and oxygen atoms in total. The summed E-state index contributed by atoms with van der Waals surface area (Å²) in [4.78, 5) is 28.9. The molecule has 1 amide bonds. The molecule has 0 spiro atoms. The molecule has 4 rings (SSSR count). The summed E-state index contributed by atoms with van der Waals surface area (Å²) in [6.45, 7) is 0. The third-order valence-corrected chi connectivity index (χ3v) is 5.20. The second-order valence-corrected chi connectivity index (χ2v) is 7.37. The van der Waals surface area contributed by atoms with Gasteiger partial charge >= 0.3 is 0 Å². The first-order valence-electron chi connectivity index (χ1n) is 9.99. The summed E-state index contributed by atoms with van der Waals surface area (Å²) >= 11 is 0. The van der Waals surface area contributed by atoms with Crippen LogP contribution in [0.1, 0.15) is 29.6 Å². The molecule has 31 heavy (non-hydrogen) atoms. The number of rotatable bonds is 6. The molecule has 1 aliphatic carbocycles. The largest absolute Gasteiger partial charge is 0.365 e. The van der Waals surface area contributed by atoms with Gasteiger partial charge in [-0.3, -0.25) is 4.79 Å². The van der Waals surface area contributed by atoms with Gasteiger partial charge in [-0.2, -0.15) is 4.98 Å². The van der Waals surface area contributed by atoms with Crippen molar-refractivity contribution in [1.29, 1.82) is 0 Å². The van der Waals surface area contributed by atoms with Gasteiger partial charge in [0, 0.05) is 35.9 Å². The summed E-state index contributed by atoms with van der Waals surface area (Å²) in [5.74, 6) is 0.370. The third-order valence-electron chi connectivity index (χ3n) is 5.20. The van der Waals surface area contributed by atoms with Crippen molar-refractivity contribution in [1.82, 2.24) is 19.9 Å². The molecule has 2 aromatic heterocycles. The molecule has 0 unspecified atom stereocenters. The number of hydrogen-bond acceptors (Lipinski definition) is 8. The number of alkyl halides is 1. The summed E-state index contributed by atoms with van der Waals surface area (Å²) in [5.41, 5.74) is 13.1. The van der Waals surface area contributed by atoms with Crippen LogP contribution >= 0.6 is 0 Å². The number of primary amides is 1. The molecule has 0 bridgehead atoms. The van der Waals surface area contributed by atoms with Crippen LogP contribution in [-0.4, -0.2) is 44.1 Å². The van der Waals surface area contributed by atoms with E-state index in [1.807, 2.05) is 24.3 Å². The highest BCUT2D eigenvalue weighted by molar-refractivity contribution is 5.98. The molecule has 10 heteroatoms. The lowest BCUT2D eigenvalue weighted by Gasteiger charge is -2.32. The monoisotopic (exact) mass is 422 g/mol. The second kappa shape index (κ2) is 9.00. The fourth-order valence-electron chi connectivity index (χ4n) is 3.55. The van der Waals surface area contributed by atoms with Crippen molar-refractivity contribution >= 4 is 23.4 Å². The van der Waals surface area contributed by atoms with E-state index in [4.69, 9.17) is 11.5 Å². The Morgan fingerprint density at radius 3 is 2.71 bits per heavy atom. The first kappa shape index (κ1) is 20.6. The summed E-state index contributed by atoms with van der Waals surface area (Å²) in [6, 6.07) is 8.16. The lowest BCUT2D eigenvalue weighted by atomic mass is 9.89. The maximum atomic E-state index is 14.0. The van der Waals surface area contributed by atoms with E-state index in [1.54, 1.807) is 18.5 Å². The second-order valence-electron chi connectivity index (χ2n) is 7.37. The zero-order valence-corrected chi connectivity index (χ0v) is 16.7. The van der Waals surface area contributed by atoms with Gasteiger partial charge in [0.05, 0.1) is 6.04 Å². The summed E-state index contributed by atoms with van der Waals surface area (Å²) in [7, 11) is 0. The Morgan fingerprint density at radius 2 is 1.94 bits per heavy atom. The number of aromatic nitrogens is 4. The predicted octanol–water partition coefficient (Wildman–Crippen LogP) is 2.41. The fraction of sp³-hybridized carbons (Fsp3) is 0.286. The van der Waals surface area contributed by atoms with Crippen molar-refractivity contribution in [3.63, 3.8) is 0 Å². The van der Waals surface area contributed by atoms with Crippen molar-refractivity contribution in [3.05, 3.63) is 54.5 Å². The quantitative estimate of drug-likeness (QED) is 0.474. The zero-order valence-electron chi connectivity index (χ0n) is 16.7. The summed E-state index contributed by atoms with van der Waals surface area (Å²) in [6.07, 6.45) is 5.48. The molecule has 1 saturated carbocycles. The molecule has 3 aromatic rings. The smallest absolute Gasteiger partial charge is 0.254 e. The highest BCUT2D eigenvalue weighted by Crippen LogP contribution is 2.26. The van der Waals surface area contributed by atoms with Crippen molar-refractivity contribution in [3.8, 4) is 11.4 Å². The van der Waals surface area contributed by atoms with Crippen LogP contribution in [0.5, 0.6) is 0 Å². The van der Waals surface area contributed by atoms with Crippen LogP contribution in [0, 0.1) is 0 Å². The van der Waals surface area contributed by atoms with Crippen LogP contribution in [0.25, 0.3) is 11.4 Å². The van der Waals surface area contributed by atoms with Crippen molar-refractivity contribution in [2.75, 3.05) is 10.6 Å². The number of halogens is 1. The molecule has 1 fully saturated rings. The number of hydrogen-bond donors (Lipinski definition) is 4. The number of nitrogens with two attached hydrogens (primary N) is 2. The van der Waals surface area contributed by atoms with E-state index >= 15 is 0 Å². The van der Waals surface area contributed by atoms with Gasteiger partial charge in [-0.05, 0) is 37.5 Å². The Bertz CT molecular complexity index is 1060. The normalized spacial score (nSPS) is 20.8. The minimum Gasteiger partial charge on any atom is -0.365 e. The van der Waals surface area contributed by atoms with Gasteiger partial charge in [0.15, 0.2) is 5.82 Å².